The predicted molar refractivity (Wildman–Crippen MR) is 86.1 cm³/mol. The molecule has 0 saturated carbocycles. The lowest BCUT2D eigenvalue weighted by Gasteiger charge is -2.11. The van der Waals surface area contributed by atoms with Crippen LogP contribution in [-0.4, -0.2) is 8.76 Å². The lowest BCUT2D eigenvalue weighted by molar-refractivity contribution is 0.533. The van der Waals surface area contributed by atoms with Gasteiger partial charge in [-0.1, -0.05) is 35.3 Å². The average Bonchev–Trinajstić information content (AvgIpc) is 2.98. The third kappa shape index (κ3) is 3.57. The Morgan fingerprint density at radius 2 is 1.70 bits per heavy atom. The van der Waals surface area contributed by atoms with Crippen LogP contribution in [0.2, 0.25) is 0 Å². The zero-order valence-electron chi connectivity index (χ0n) is 12.4. The molecule has 23 heavy (non-hydrogen) atoms. The standard InChI is InChI=1S/C18H16F2O2S/c19-15-4-1-3-12(9-15)16-5-2-6-17(16)13-7-8-14(11-23(21)22)18(20)10-13/h1,3-4,7-10H,2,5-6,11H2,(H,21,22)/p-1. The molecule has 0 spiro atoms. The SMILES string of the molecule is O=S([O-])Cc1ccc(C2=C(c3cccc(F)c3)CCC2)cc1F. The summed E-state index contributed by atoms with van der Waals surface area (Å²) in [6.45, 7) is 0. The smallest absolute Gasteiger partial charge is 0.127 e. The maximum Gasteiger partial charge on any atom is 0.127 e. The van der Waals surface area contributed by atoms with Gasteiger partial charge >= 0.3 is 0 Å². The van der Waals surface area contributed by atoms with E-state index in [0.717, 1.165) is 41.5 Å². The van der Waals surface area contributed by atoms with Gasteiger partial charge in [0.15, 0.2) is 0 Å². The first-order valence-electron chi connectivity index (χ1n) is 7.37. The fourth-order valence-corrected chi connectivity index (χ4v) is 3.52. The predicted octanol–water partition coefficient (Wildman–Crippen LogP) is 4.44. The fourth-order valence-electron chi connectivity index (χ4n) is 3.04. The lowest BCUT2D eigenvalue weighted by Crippen LogP contribution is -1.98. The van der Waals surface area contributed by atoms with Gasteiger partial charge in [0, 0.05) is 5.75 Å². The van der Waals surface area contributed by atoms with E-state index < -0.39 is 16.9 Å². The highest BCUT2D eigenvalue weighted by Gasteiger charge is 2.19. The molecule has 0 aliphatic heterocycles. The van der Waals surface area contributed by atoms with Crippen LogP contribution in [0, 0.1) is 11.6 Å². The number of halogens is 2. The van der Waals surface area contributed by atoms with E-state index in [0.29, 0.717) is 0 Å². The van der Waals surface area contributed by atoms with Crippen molar-refractivity contribution in [1.82, 2.24) is 0 Å². The maximum absolute atomic E-state index is 14.1. The Labute approximate surface area is 136 Å². The molecule has 2 aromatic rings. The van der Waals surface area contributed by atoms with Crippen LogP contribution in [0.4, 0.5) is 8.78 Å². The van der Waals surface area contributed by atoms with E-state index in [1.54, 1.807) is 12.1 Å². The highest BCUT2D eigenvalue weighted by molar-refractivity contribution is 7.78. The second kappa shape index (κ2) is 6.72. The van der Waals surface area contributed by atoms with Gasteiger partial charge in [0.05, 0.1) is 0 Å². The van der Waals surface area contributed by atoms with Gasteiger partial charge in [-0.2, -0.15) is 0 Å². The van der Waals surface area contributed by atoms with Gasteiger partial charge in [-0.15, -0.1) is 0 Å². The molecule has 1 aliphatic carbocycles. The van der Waals surface area contributed by atoms with Crippen LogP contribution in [0.5, 0.6) is 0 Å². The van der Waals surface area contributed by atoms with Crippen LogP contribution in [0.1, 0.15) is 36.0 Å². The van der Waals surface area contributed by atoms with E-state index in [1.165, 1.54) is 24.3 Å². The van der Waals surface area contributed by atoms with Gasteiger partial charge in [0.25, 0.3) is 0 Å². The fraction of sp³-hybridized carbons (Fsp3) is 0.222. The highest BCUT2D eigenvalue weighted by atomic mass is 32.2. The Kier molecular flexibility index (Phi) is 4.68. The first kappa shape index (κ1) is 16.0. The quantitative estimate of drug-likeness (QED) is 0.776. The van der Waals surface area contributed by atoms with E-state index in [4.69, 9.17) is 0 Å². The number of benzene rings is 2. The van der Waals surface area contributed by atoms with Crippen LogP contribution in [-0.2, 0) is 16.8 Å². The zero-order valence-corrected chi connectivity index (χ0v) is 13.2. The van der Waals surface area contributed by atoms with Crippen molar-refractivity contribution >= 4 is 22.2 Å². The molecule has 3 rings (SSSR count). The summed E-state index contributed by atoms with van der Waals surface area (Å²) in [6, 6.07) is 11.0. The Balaban J connectivity index is 2.00. The molecule has 0 N–H and O–H groups in total. The summed E-state index contributed by atoms with van der Waals surface area (Å²) in [5, 5.41) is 0. The van der Waals surface area contributed by atoms with Crippen molar-refractivity contribution in [3.63, 3.8) is 0 Å². The van der Waals surface area contributed by atoms with Crippen molar-refractivity contribution in [2.45, 2.75) is 25.0 Å². The Bertz CT molecular complexity index is 799. The summed E-state index contributed by atoms with van der Waals surface area (Å²) >= 11 is -2.32. The molecule has 0 fully saturated rings. The molecule has 2 nitrogen and oxygen atoms in total. The second-order valence-electron chi connectivity index (χ2n) is 5.58. The molecule has 1 unspecified atom stereocenters. The molecule has 2 aromatic carbocycles. The highest BCUT2D eigenvalue weighted by Crippen LogP contribution is 2.40. The molecule has 0 heterocycles. The Morgan fingerprint density at radius 3 is 2.30 bits per heavy atom. The van der Waals surface area contributed by atoms with Crippen molar-refractivity contribution in [2.24, 2.45) is 0 Å². The first-order valence-corrected chi connectivity index (χ1v) is 8.61. The van der Waals surface area contributed by atoms with Crippen LogP contribution in [0.15, 0.2) is 42.5 Å². The minimum atomic E-state index is -2.32. The molecule has 5 heteroatoms. The van der Waals surface area contributed by atoms with Gasteiger partial charge in [-0.3, -0.25) is 4.21 Å². The average molecular weight is 333 g/mol. The van der Waals surface area contributed by atoms with Crippen molar-refractivity contribution in [3.05, 3.63) is 70.8 Å². The maximum atomic E-state index is 14.1. The minimum Gasteiger partial charge on any atom is -0.772 e. The zero-order chi connectivity index (χ0) is 16.4. The lowest BCUT2D eigenvalue weighted by atomic mass is 9.96. The van der Waals surface area contributed by atoms with Crippen LogP contribution in [0.25, 0.3) is 11.1 Å². The van der Waals surface area contributed by atoms with E-state index in [2.05, 4.69) is 0 Å². The van der Waals surface area contributed by atoms with Crippen LogP contribution < -0.4 is 0 Å². The van der Waals surface area contributed by atoms with Gasteiger partial charge in [-0.05, 0) is 65.3 Å². The molecule has 0 saturated heterocycles. The second-order valence-corrected chi connectivity index (χ2v) is 6.47. The van der Waals surface area contributed by atoms with Crippen molar-refractivity contribution in [3.8, 4) is 0 Å². The third-order valence-electron chi connectivity index (χ3n) is 4.07. The van der Waals surface area contributed by atoms with Gasteiger partial charge < -0.3 is 4.55 Å². The summed E-state index contributed by atoms with van der Waals surface area (Å²) in [5.74, 6) is -1.15. The van der Waals surface area contributed by atoms with Gasteiger partial charge in [0.2, 0.25) is 0 Å². The van der Waals surface area contributed by atoms with Gasteiger partial charge in [0.1, 0.15) is 11.6 Å². The Hall–Kier alpha value is -1.85. The van der Waals surface area contributed by atoms with E-state index >= 15 is 0 Å². The van der Waals surface area contributed by atoms with Crippen molar-refractivity contribution in [1.29, 1.82) is 0 Å². The third-order valence-corrected chi connectivity index (χ3v) is 4.61. The van der Waals surface area contributed by atoms with Crippen molar-refractivity contribution < 1.29 is 17.5 Å². The number of rotatable bonds is 4. The molecule has 1 aliphatic rings. The van der Waals surface area contributed by atoms with Crippen LogP contribution >= 0.6 is 0 Å². The topological polar surface area (TPSA) is 40.1 Å². The van der Waals surface area contributed by atoms with Crippen LogP contribution in [0.3, 0.4) is 0 Å². The largest absolute Gasteiger partial charge is 0.772 e. The molecular formula is C18H15F2O2S-. The summed E-state index contributed by atoms with van der Waals surface area (Å²) < 4.78 is 49.0. The van der Waals surface area contributed by atoms with E-state index in [9.17, 15) is 17.5 Å². The molecule has 0 radical (unpaired) electrons. The molecule has 0 bridgehead atoms. The summed E-state index contributed by atoms with van der Waals surface area (Å²) in [6.07, 6.45) is 2.57. The van der Waals surface area contributed by atoms with Crippen molar-refractivity contribution in [2.75, 3.05) is 0 Å². The molecule has 0 aromatic heterocycles. The van der Waals surface area contributed by atoms with E-state index in [1.807, 2.05) is 6.07 Å². The number of hydrogen-bond donors (Lipinski definition) is 0. The molecule has 0 amide bonds. The Morgan fingerprint density at radius 1 is 1.00 bits per heavy atom. The summed E-state index contributed by atoms with van der Waals surface area (Å²) in [7, 11) is 0. The monoisotopic (exact) mass is 333 g/mol. The first-order chi connectivity index (χ1) is 11.0. The molecule has 1 atom stereocenters. The minimum absolute atomic E-state index is 0.160. The van der Waals surface area contributed by atoms with Gasteiger partial charge in [-0.25, -0.2) is 8.78 Å². The summed E-state index contributed by atoms with van der Waals surface area (Å²) in [5.41, 5.74) is 3.75. The molecular weight excluding hydrogens is 318 g/mol. The number of hydrogen-bond acceptors (Lipinski definition) is 2. The van der Waals surface area contributed by atoms with E-state index in [-0.39, 0.29) is 17.1 Å². The number of allylic oxidation sites excluding steroid dienone is 2. The summed E-state index contributed by atoms with van der Waals surface area (Å²) in [4.78, 5) is 0. The normalized spacial score (nSPS) is 16.0. The molecule has 120 valence electrons.